The van der Waals surface area contributed by atoms with E-state index in [9.17, 15) is 4.79 Å². The average Bonchev–Trinajstić information content (AvgIpc) is 2.58. The number of rotatable bonds is 11. The first-order valence-electron chi connectivity index (χ1n) is 8.24. The quantitative estimate of drug-likeness (QED) is 0.460. The summed E-state index contributed by atoms with van der Waals surface area (Å²) in [6.45, 7) is 8.06. The largest absolute Gasteiger partial charge is 0.493 e. The molecule has 24 heavy (non-hydrogen) atoms. The van der Waals surface area contributed by atoms with Crippen LogP contribution in [-0.2, 0) is 0 Å². The fourth-order valence-electron chi connectivity index (χ4n) is 2.21. The van der Waals surface area contributed by atoms with Gasteiger partial charge in [0.1, 0.15) is 5.75 Å². The smallest absolute Gasteiger partial charge is 0.255 e. The molecule has 0 saturated heterocycles. The molecule has 0 fully saturated rings. The van der Waals surface area contributed by atoms with Crippen molar-refractivity contribution in [3.63, 3.8) is 0 Å². The Balaban J connectivity index is 2.72. The molecule has 7 heteroatoms. The van der Waals surface area contributed by atoms with Gasteiger partial charge in [-0.15, -0.1) is 0 Å². The number of halogens is 1. The fraction of sp³-hybridized carbons (Fsp3) is 0.588. The SMILES string of the molecule is CCN(CC)CCNC(=O)c1cc(Cl)c(N)cc1OCCCSC. The van der Waals surface area contributed by atoms with Crippen molar-refractivity contribution in [1.29, 1.82) is 0 Å². The maximum absolute atomic E-state index is 12.5. The van der Waals surface area contributed by atoms with Gasteiger partial charge in [0.15, 0.2) is 0 Å². The molecule has 1 aromatic rings. The zero-order chi connectivity index (χ0) is 17.9. The monoisotopic (exact) mass is 373 g/mol. The van der Waals surface area contributed by atoms with Crippen molar-refractivity contribution >= 4 is 35.0 Å². The van der Waals surface area contributed by atoms with E-state index >= 15 is 0 Å². The van der Waals surface area contributed by atoms with E-state index < -0.39 is 0 Å². The minimum atomic E-state index is -0.191. The molecule has 0 heterocycles. The van der Waals surface area contributed by atoms with Gasteiger partial charge < -0.3 is 20.7 Å². The van der Waals surface area contributed by atoms with Crippen molar-refractivity contribution in [2.45, 2.75) is 20.3 Å². The number of thioether (sulfide) groups is 1. The molecule has 0 bridgehead atoms. The summed E-state index contributed by atoms with van der Waals surface area (Å²) in [7, 11) is 0. The maximum Gasteiger partial charge on any atom is 0.255 e. The van der Waals surface area contributed by atoms with Crippen molar-refractivity contribution in [2.24, 2.45) is 0 Å². The summed E-state index contributed by atoms with van der Waals surface area (Å²) in [6.07, 6.45) is 2.96. The number of hydrogen-bond acceptors (Lipinski definition) is 5. The molecule has 0 saturated carbocycles. The van der Waals surface area contributed by atoms with Gasteiger partial charge in [-0.05, 0) is 37.6 Å². The van der Waals surface area contributed by atoms with Crippen molar-refractivity contribution in [3.05, 3.63) is 22.7 Å². The predicted octanol–water partition coefficient (Wildman–Crippen LogP) is 3.13. The lowest BCUT2D eigenvalue weighted by Crippen LogP contribution is -2.35. The number of nitrogens with one attached hydrogen (secondary N) is 1. The molecule has 0 aromatic heterocycles. The van der Waals surface area contributed by atoms with E-state index in [4.69, 9.17) is 22.1 Å². The lowest BCUT2D eigenvalue weighted by atomic mass is 10.1. The van der Waals surface area contributed by atoms with Gasteiger partial charge in [-0.25, -0.2) is 0 Å². The molecule has 0 aliphatic heterocycles. The van der Waals surface area contributed by atoms with Crippen molar-refractivity contribution in [3.8, 4) is 5.75 Å². The van der Waals surface area contributed by atoms with Gasteiger partial charge in [-0.3, -0.25) is 4.79 Å². The molecular weight excluding hydrogens is 346 g/mol. The molecule has 136 valence electrons. The Kier molecular flexibility index (Phi) is 9.98. The third-order valence-corrected chi connectivity index (χ3v) is 4.73. The van der Waals surface area contributed by atoms with Gasteiger partial charge in [0, 0.05) is 19.2 Å². The second-order valence-electron chi connectivity index (χ2n) is 5.35. The molecule has 0 atom stereocenters. The number of hydrogen-bond donors (Lipinski definition) is 2. The van der Waals surface area contributed by atoms with Gasteiger partial charge in [-0.1, -0.05) is 25.4 Å². The Hall–Kier alpha value is -1.11. The van der Waals surface area contributed by atoms with Gasteiger partial charge >= 0.3 is 0 Å². The van der Waals surface area contributed by atoms with Crippen LogP contribution < -0.4 is 15.8 Å². The topological polar surface area (TPSA) is 67.6 Å². The standard InChI is InChI=1S/C17H28ClN3O2S/c1-4-21(5-2)8-7-20-17(22)13-11-14(18)15(19)12-16(13)23-9-6-10-24-3/h11-12H,4-10,19H2,1-3H3,(H,20,22). The van der Waals surface area contributed by atoms with E-state index in [1.807, 2.05) is 0 Å². The zero-order valence-corrected chi connectivity index (χ0v) is 16.3. The van der Waals surface area contributed by atoms with Crippen LogP contribution in [0, 0.1) is 0 Å². The summed E-state index contributed by atoms with van der Waals surface area (Å²) >= 11 is 7.83. The third-order valence-electron chi connectivity index (χ3n) is 3.70. The Morgan fingerprint density at radius 1 is 1.38 bits per heavy atom. The Morgan fingerprint density at radius 2 is 2.08 bits per heavy atom. The van der Waals surface area contributed by atoms with E-state index in [1.165, 1.54) is 0 Å². The van der Waals surface area contributed by atoms with Gasteiger partial charge in [0.2, 0.25) is 0 Å². The number of benzene rings is 1. The third kappa shape index (κ3) is 6.79. The molecule has 5 nitrogen and oxygen atoms in total. The second kappa shape index (κ2) is 11.4. The van der Waals surface area contributed by atoms with E-state index in [2.05, 4.69) is 30.3 Å². The predicted molar refractivity (Wildman–Crippen MR) is 104 cm³/mol. The van der Waals surface area contributed by atoms with Crippen molar-refractivity contribution in [2.75, 3.05) is 50.5 Å². The van der Waals surface area contributed by atoms with Crippen LogP contribution in [0.1, 0.15) is 30.6 Å². The van der Waals surface area contributed by atoms with E-state index in [0.29, 0.717) is 35.2 Å². The number of carbonyl (C=O) groups excluding carboxylic acids is 1. The molecule has 0 aliphatic rings. The van der Waals surface area contributed by atoms with Gasteiger partial charge in [0.05, 0.1) is 22.9 Å². The summed E-state index contributed by atoms with van der Waals surface area (Å²) in [5.41, 5.74) is 6.68. The lowest BCUT2D eigenvalue weighted by Gasteiger charge is -2.18. The minimum Gasteiger partial charge on any atom is -0.493 e. The van der Waals surface area contributed by atoms with Crippen molar-refractivity contribution < 1.29 is 9.53 Å². The van der Waals surface area contributed by atoms with Crippen LogP contribution in [0.4, 0.5) is 5.69 Å². The molecule has 0 spiro atoms. The first-order chi connectivity index (χ1) is 11.5. The minimum absolute atomic E-state index is 0.191. The second-order valence-corrected chi connectivity index (χ2v) is 6.74. The number of nitrogens with two attached hydrogens (primary N) is 1. The average molecular weight is 374 g/mol. The summed E-state index contributed by atoms with van der Waals surface area (Å²) in [6, 6.07) is 3.20. The number of amides is 1. The molecule has 3 N–H and O–H groups in total. The maximum atomic E-state index is 12.5. The molecule has 0 aliphatic carbocycles. The summed E-state index contributed by atoms with van der Waals surface area (Å²) in [5, 5.41) is 3.28. The van der Waals surface area contributed by atoms with Crippen LogP contribution in [-0.4, -0.2) is 55.6 Å². The van der Waals surface area contributed by atoms with Crippen LogP contribution >= 0.6 is 23.4 Å². The first-order valence-corrected chi connectivity index (χ1v) is 10.0. The highest BCUT2D eigenvalue weighted by atomic mass is 35.5. The van der Waals surface area contributed by atoms with Crippen LogP contribution in [0.25, 0.3) is 0 Å². The first kappa shape index (κ1) is 20.9. The lowest BCUT2D eigenvalue weighted by molar-refractivity contribution is 0.0945. The number of nitrogen functional groups attached to an aromatic ring is 1. The van der Waals surface area contributed by atoms with Crippen LogP contribution in [0.5, 0.6) is 5.75 Å². The Labute approximate surface area is 154 Å². The highest BCUT2D eigenvalue weighted by Crippen LogP contribution is 2.29. The summed E-state index contributed by atoms with van der Waals surface area (Å²) < 4.78 is 5.74. The zero-order valence-electron chi connectivity index (χ0n) is 14.7. The number of nitrogens with zero attached hydrogens (tertiary/aromatic N) is 1. The highest BCUT2D eigenvalue weighted by molar-refractivity contribution is 7.98. The molecule has 0 unspecified atom stereocenters. The normalized spacial score (nSPS) is 10.9. The molecule has 1 aromatic carbocycles. The number of carbonyl (C=O) groups is 1. The van der Waals surface area contributed by atoms with Crippen LogP contribution in [0.15, 0.2) is 12.1 Å². The molecule has 0 radical (unpaired) electrons. The number of anilines is 1. The number of likely N-dealkylation sites (N-methyl/N-ethyl adjacent to an activating group) is 1. The van der Waals surface area contributed by atoms with Crippen LogP contribution in [0.3, 0.4) is 0 Å². The highest BCUT2D eigenvalue weighted by Gasteiger charge is 2.15. The molecule has 1 amide bonds. The van der Waals surface area contributed by atoms with Crippen LogP contribution in [0.2, 0.25) is 5.02 Å². The fourth-order valence-corrected chi connectivity index (χ4v) is 2.78. The summed E-state index contributed by atoms with van der Waals surface area (Å²) in [4.78, 5) is 14.7. The summed E-state index contributed by atoms with van der Waals surface area (Å²) in [5.74, 6) is 1.30. The van der Waals surface area contributed by atoms with E-state index in [0.717, 1.165) is 31.8 Å². The van der Waals surface area contributed by atoms with Crippen molar-refractivity contribution in [1.82, 2.24) is 10.2 Å². The molecular formula is C17H28ClN3O2S. The number of ether oxygens (including phenoxy) is 1. The Morgan fingerprint density at radius 3 is 2.71 bits per heavy atom. The van der Waals surface area contributed by atoms with Gasteiger partial charge in [0.25, 0.3) is 5.91 Å². The Bertz CT molecular complexity index is 525. The van der Waals surface area contributed by atoms with E-state index in [1.54, 1.807) is 23.9 Å². The molecule has 1 rings (SSSR count). The van der Waals surface area contributed by atoms with Gasteiger partial charge in [-0.2, -0.15) is 11.8 Å². The van der Waals surface area contributed by atoms with E-state index in [-0.39, 0.29) is 5.91 Å².